The van der Waals surface area contributed by atoms with E-state index in [9.17, 15) is 4.79 Å². The summed E-state index contributed by atoms with van der Waals surface area (Å²) in [5.41, 5.74) is 2.45. The Morgan fingerprint density at radius 3 is 2.89 bits per heavy atom. The molecule has 98 valence electrons. The van der Waals surface area contributed by atoms with Crippen LogP contribution in [0.15, 0.2) is 12.3 Å². The number of carbonyl (C=O) groups is 1. The van der Waals surface area contributed by atoms with E-state index < -0.39 is 0 Å². The van der Waals surface area contributed by atoms with Crippen LogP contribution in [-0.2, 0) is 4.74 Å². The van der Waals surface area contributed by atoms with Crippen molar-refractivity contribution in [3.63, 3.8) is 0 Å². The van der Waals surface area contributed by atoms with E-state index in [4.69, 9.17) is 4.74 Å². The highest BCUT2D eigenvalue weighted by atomic mass is 16.5. The second-order valence-electron chi connectivity index (χ2n) is 4.30. The number of rotatable bonds is 3. The summed E-state index contributed by atoms with van der Waals surface area (Å²) >= 11 is 0. The van der Waals surface area contributed by atoms with Gasteiger partial charge in [-0.15, -0.1) is 0 Å². The number of nitrogens with one attached hydrogen (secondary N) is 1. The van der Waals surface area contributed by atoms with Crippen LogP contribution in [0.5, 0.6) is 0 Å². The number of morpholine rings is 1. The van der Waals surface area contributed by atoms with Gasteiger partial charge >= 0.3 is 0 Å². The number of anilines is 1. The fraction of sp³-hybridized carbons (Fsp3) is 0.538. The Bertz CT molecular complexity index is 428. The molecule has 5 nitrogen and oxygen atoms in total. The van der Waals surface area contributed by atoms with Crippen LogP contribution in [0.4, 0.5) is 5.69 Å². The van der Waals surface area contributed by atoms with Crippen molar-refractivity contribution in [3.8, 4) is 0 Å². The molecule has 1 aromatic rings. The summed E-state index contributed by atoms with van der Waals surface area (Å²) in [5, 5.41) is 2.84. The van der Waals surface area contributed by atoms with E-state index in [2.05, 4.69) is 15.2 Å². The molecule has 5 heteroatoms. The number of ether oxygens (including phenoxy) is 1. The number of nitrogens with zero attached hydrogens (tertiary/aromatic N) is 2. The highest BCUT2D eigenvalue weighted by molar-refractivity contribution is 5.99. The molecular formula is C13H19N3O2. The van der Waals surface area contributed by atoms with Gasteiger partial charge in [-0.1, -0.05) is 0 Å². The van der Waals surface area contributed by atoms with Crippen molar-refractivity contribution >= 4 is 11.6 Å². The van der Waals surface area contributed by atoms with Gasteiger partial charge in [0.05, 0.1) is 30.7 Å². The van der Waals surface area contributed by atoms with E-state index in [0.29, 0.717) is 25.3 Å². The smallest absolute Gasteiger partial charge is 0.253 e. The third-order valence-corrected chi connectivity index (χ3v) is 2.95. The van der Waals surface area contributed by atoms with Crippen LogP contribution >= 0.6 is 0 Å². The van der Waals surface area contributed by atoms with Gasteiger partial charge in [0.15, 0.2) is 0 Å². The van der Waals surface area contributed by atoms with Crippen molar-refractivity contribution in [1.29, 1.82) is 0 Å². The van der Waals surface area contributed by atoms with E-state index in [1.165, 1.54) is 0 Å². The Morgan fingerprint density at radius 2 is 2.22 bits per heavy atom. The lowest BCUT2D eigenvalue weighted by Gasteiger charge is -2.30. The molecule has 0 bridgehead atoms. The van der Waals surface area contributed by atoms with E-state index in [1.54, 1.807) is 6.20 Å². The molecule has 0 spiro atoms. The summed E-state index contributed by atoms with van der Waals surface area (Å²) in [6.07, 6.45) is 1.78. The number of aromatic nitrogens is 1. The van der Waals surface area contributed by atoms with Gasteiger partial charge < -0.3 is 15.0 Å². The van der Waals surface area contributed by atoms with Gasteiger partial charge in [-0.25, -0.2) is 0 Å². The Labute approximate surface area is 107 Å². The first-order chi connectivity index (χ1) is 8.72. The van der Waals surface area contributed by atoms with E-state index >= 15 is 0 Å². The quantitative estimate of drug-likeness (QED) is 0.867. The van der Waals surface area contributed by atoms with E-state index in [0.717, 1.165) is 24.5 Å². The minimum Gasteiger partial charge on any atom is -0.378 e. The van der Waals surface area contributed by atoms with Gasteiger partial charge in [-0.2, -0.15) is 0 Å². The molecule has 1 aliphatic heterocycles. The Kier molecular flexibility index (Phi) is 4.15. The van der Waals surface area contributed by atoms with Gasteiger partial charge in [0.25, 0.3) is 5.91 Å². The molecule has 2 rings (SSSR count). The zero-order valence-corrected chi connectivity index (χ0v) is 10.9. The lowest BCUT2D eigenvalue weighted by Crippen LogP contribution is -2.38. The highest BCUT2D eigenvalue weighted by Crippen LogP contribution is 2.21. The third kappa shape index (κ3) is 2.79. The predicted molar refractivity (Wildman–Crippen MR) is 70.0 cm³/mol. The second kappa shape index (κ2) is 5.82. The normalized spacial score (nSPS) is 15.6. The monoisotopic (exact) mass is 249 g/mol. The average molecular weight is 249 g/mol. The van der Waals surface area contributed by atoms with Crippen molar-refractivity contribution in [2.24, 2.45) is 0 Å². The predicted octanol–water partition coefficient (Wildman–Crippen LogP) is 0.976. The number of pyridine rings is 1. The van der Waals surface area contributed by atoms with Crippen LogP contribution in [-0.4, -0.2) is 43.7 Å². The number of carbonyl (C=O) groups excluding carboxylic acids is 1. The van der Waals surface area contributed by atoms with E-state index in [-0.39, 0.29) is 5.91 Å². The van der Waals surface area contributed by atoms with Gasteiger partial charge in [-0.05, 0) is 19.9 Å². The summed E-state index contributed by atoms with van der Waals surface area (Å²) in [4.78, 5) is 18.5. The van der Waals surface area contributed by atoms with Crippen LogP contribution in [0.25, 0.3) is 0 Å². The lowest BCUT2D eigenvalue weighted by atomic mass is 10.1. The molecule has 0 aromatic carbocycles. The molecule has 1 aliphatic rings. The fourth-order valence-electron chi connectivity index (χ4n) is 2.05. The molecule has 1 saturated heterocycles. The summed E-state index contributed by atoms with van der Waals surface area (Å²) in [5.74, 6) is -0.0375. The topological polar surface area (TPSA) is 54.5 Å². The van der Waals surface area contributed by atoms with Gasteiger partial charge in [0.1, 0.15) is 0 Å². The Hall–Kier alpha value is -1.62. The van der Waals surface area contributed by atoms with Crippen molar-refractivity contribution in [2.75, 3.05) is 37.7 Å². The van der Waals surface area contributed by atoms with Crippen molar-refractivity contribution in [2.45, 2.75) is 13.8 Å². The van der Waals surface area contributed by atoms with Crippen LogP contribution in [0.2, 0.25) is 0 Å². The lowest BCUT2D eigenvalue weighted by molar-refractivity contribution is 0.0954. The molecule has 0 atom stereocenters. The molecule has 2 heterocycles. The van der Waals surface area contributed by atoms with Crippen molar-refractivity contribution < 1.29 is 9.53 Å². The van der Waals surface area contributed by atoms with Crippen molar-refractivity contribution in [3.05, 3.63) is 23.5 Å². The number of aryl methyl sites for hydroxylation is 1. The average Bonchev–Trinajstić information content (AvgIpc) is 2.40. The minimum absolute atomic E-state index is 0.0375. The standard InChI is InChI=1S/C13H19N3O2/c1-3-14-13(17)11-8-10(2)15-9-12(11)16-4-6-18-7-5-16/h8-9H,3-7H2,1-2H3,(H,14,17). The Balaban J connectivity index is 2.30. The van der Waals surface area contributed by atoms with Crippen LogP contribution in [0, 0.1) is 6.92 Å². The minimum atomic E-state index is -0.0375. The molecule has 1 fully saturated rings. The molecule has 1 amide bonds. The molecule has 18 heavy (non-hydrogen) atoms. The van der Waals surface area contributed by atoms with E-state index in [1.807, 2.05) is 19.9 Å². The van der Waals surface area contributed by atoms with Crippen LogP contribution < -0.4 is 10.2 Å². The van der Waals surface area contributed by atoms with Gasteiger partial charge in [-0.3, -0.25) is 9.78 Å². The summed E-state index contributed by atoms with van der Waals surface area (Å²) < 4.78 is 5.33. The first-order valence-corrected chi connectivity index (χ1v) is 6.30. The first-order valence-electron chi connectivity index (χ1n) is 6.30. The van der Waals surface area contributed by atoms with Crippen molar-refractivity contribution in [1.82, 2.24) is 10.3 Å². The maximum atomic E-state index is 12.1. The number of hydrogen-bond acceptors (Lipinski definition) is 4. The highest BCUT2D eigenvalue weighted by Gasteiger charge is 2.19. The molecule has 0 unspecified atom stereocenters. The Morgan fingerprint density at radius 1 is 1.50 bits per heavy atom. The molecule has 0 aliphatic carbocycles. The summed E-state index contributed by atoms with van der Waals surface area (Å²) in [7, 11) is 0. The van der Waals surface area contributed by atoms with Crippen LogP contribution in [0.3, 0.4) is 0 Å². The molecule has 1 aromatic heterocycles. The largest absolute Gasteiger partial charge is 0.378 e. The van der Waals surface area contributed by atoms with Gasteiger partial charge in [0.2, 0.25) is 0 Å². The van der Waals surface area contributed by atoms with Crippen LogP contribution in [0.1, 0.15) is 23.0 Å². The molecule has 0 saturated carbocycles. The second-order valence-corrected chi connectivity index (χ2v) is 4.30. The third-order valence-electron chi connectivity index (χ3n) is 2.95. The zero-order chi connectivity index (χ0) is 13.0. The molecule has 1 N–H and O–H groups in total. The number of amides is 1. The number of hydrogen-bond donors (Lipinski definition) is 1. The van der Waals surface area contributed by atoms with Gasteiger partial charge in [0, 0.05) is 25.3 Å². The maximum Gasteiger partial charge on any atom is 0.253 e. The first kappa shape index (κ1) is 12.8. The summed E-state index contributed by atoms with van der Waals surface area (Å²) in [6, 6.07) is 1.84. The molecule has 0 radical (unpaired) electrons. The molecular weight excluding hydrogens is 230 g/mol. The maximum absolute atomic E-state index is 12.1. The zero-order valence-electron chi connectivity index (χ0n) is 10.9. The summed E-state index contributed by atoms with van der Waals surface area (Å²) in [6.45, 7) is 7.44. The SMILES string of the molecule is CCNC(=O)c1cc(C)ncc1N1CCOCC1. The fourth-order valence-corrected chi connectivity index (χ4v) is 2.05.